The Kier molecular flexibility index (Phi) is 7.10. The van der Waals surface area contributed by atoms with Gasteiger partial charge in [-0.2, -0.15) is 0 Å². The van der Waals surface area contributed by atoms with Gasteiger partial charge in [-0.3, -0.25) is 4.79 Å². The second-order valence-electron chi connectivity index (χ2n) is 6.68. The number of rotatable bonds is 8. The first-order chi connectivity index (χ1) is 13.2. The maximum Gasteiger partial charge on any atom is 0.238 e. The average Bonchev–Trinajstić information content (AvgIpc) is 3.18. The van der Waals surface area contributed by atoms with Crippen molar-refractivity contribution in [3.8, 4) is 5.75 Å². The molecule has 0 aliphatic carbocycles. The minimum Gasteiger partial charge on any atom is -0.493 e. The summed E-state index contributed by atoms with van der Waals surface area (Å²) in [5.74, 6) is 0.830. The summed E-state index contributed by atoms with van der Waals surface area (Å²) >= 11 is 6.15. The van der Waals surface area contributed by atoms with Crippen LogP contribution in [0.15, 0.2) is 48.5 Å². The summed E-state index contributed by atoms with van der Waals surface area (Å²) < 4.78 is 5.92. The van der Waals surface area contributed by atoms with E-state index in [2.05, 4.69) is 23.1 Å². The van der Waals surface area contributed by atoms with E-state index in [9.17, 15) is 4.79 Å². The van der Waals surface area contributed by atoms with Crippen LogP contribution in [0.4, 0.5) is 0 Å². The van der Waals surface area contributed by atoms with Crippen molar-refractivity contribution in [3.05, 3.63) is 64.7 Å². The fraction of sp³-hybridized carbons (Fsp3) is 0.381. The average molecular weight is 388 g/mol. The third-order valence-electron chi connectivity index (χ3n) is 4.68. The van der Waals surface area contributed by atoms with Crippen molar-refractivity contribution in [1.82, 2.24) is 16.2 Å². The Morgan fingerprint density at radius 1 is 1.19 bits per heavy atom. The van der Waals surface area contributed by atoms with Crippen molar-refractivity contribution < 1.29 is 9.53 Å². The van der Waals surface area contributed by atoms with Crippen molar-refractivity contribution in [3.63, 3.8) is 0 Å². The number of benzene rings is 2. The SMILES string of the molecule is CCCCOc1ccccc1C1CC(C(=O)NCc2ccccc2Cl)NN1. The smallest absolute Gasteiger partial charge is 0.238 e. The molecule has 6 heteroatoms. The molecule has 1 heterocycles. The van der Waals surface area contributed by atoms with E-state index in [1.54, 1.807) is 0 Å². The molecule has 1 aliphatic rings. The van der Waals surface area contributed by atoms with E-state index in [1.165, 1.54) is 0 Å². The quantitative estimate of drug-likeness (QED) is 0.604. The van der Waals surface area contributed by atoms with E-state index < -0.39 is 0 Å². The number of carbonyl (C=O) groups excluding carboxylic acids is 1. The second-order valence-corrected chi connectivity index (χ2v) is 7.09. The second kappa shape index (κ2) is 9.74. The highest BCUT2D eigenvalue weighted by Gasteiger charge is 2.31. The maximum atomic E-state index is 12.5. The minimum absolute atomic E-state index is 0.0267. The van der Waals surface area contributed by atoms with E-state index >= 15 is 0 Å². The lowest BCUT2D eigenvalue weighted by Crippen LogP contribution is -2.42. The Morgan fingerprint density at radius 2 is 1.96 bits per heavy atom. The van der Waals surface area contributed by atoms with Crippen molar-refractivity contribution in [2.24, 2.45) is 0 Å². The molecule has 0 radical (unpaired) electrons. The van der Waals surface area contributed by atoms with Crippen molar-refractivity contribution >= 4 is 17.5 Å². The number of halogens is 1. The zero-order valence-corrected chi connectivity index (χ0v) is 16.3. The van der Waals surface area contributed by atoms with Gasteiger partial charge in [0.05, 0.1) is 12.6 Å². The molecule has 0 bridgehead atoms. The van der Waals surface area contributed by atoms with Gasteiger partial charge in [0.15, 0.2) is 0 Å². The summed E-state index contributed by atoms with van der Waals surface area (Å²) in [4.78, 5) is 12.5. The van der Waals surface area contributed by atoms with Gasteiger partial charge in [0.25, 0.3) is 0 Å². The van der Waals surface area contributed by atoms with E-state index in [0.717, 1.165) is 29.7 Å². The molecule has 2 atom stereocenters. The fourth-order valence-electron chi connectivity index (χ4n) is 3.11. The van der Waals surface area contributed by atoms with Crippen molar-refractivity contribution in [1.29, 1.82) is 0 Å². The summed E-state index contributed by atoms with van der Waals surface area (Å²) in [6.45, 7) is 3.26. The van der Waals surface area contributed by atoms with Gasteiger partial charge >= 0.3 is 0 Å². The molecule has 3 rings (SSSR count). The van der Waals surface area contributed by atoms with E-state index in [4.69, 9.17) is 16.3 Å². The van der Waals surface area contributed by atoms with Gasteiger partial charge in [0.1, 0.15) is 11.8 Å². The first-order valence-corrected chi connectivity index (χ1v) is 9.80. The Balaban J connectivity index is 1.57. The number of hydrazine groups is 1. The predicted octanol–water partition coefficient (Wildman–Crippen LogP) is 3.74. The van der Waals surface area contributed by atoms with Crippen LogP contribution in [0.1, 0.15) is 43.4 Å². The van der Waals surface area contributed by atoms with E-state index in [0.29, 0.717) is 24.6 Å². The lowest BCUT2D eigenvalue weighted by molar-refractivity contribution is -0.123. The van der Waals surface area contributed by atoms with Crippen molar-refractivity contribution in [2.45, 2.75) is 44.8 Å². The van der Waals surface area contributed by atoms with Gasteiger partial charge in [0, 0.05) is 17.1 Å². The molecule has 0 spiro atoms. The van der Waals surface area contributed by atoms with Crippen LogP contribution >= 0.6 is 11.6 Å². The predicted molar refractivity (Wildman–Crippen MR) is 108 cm³/mol. The van der Waals surface area contributed by atoms with Crippen LogP contribution in [-0.2, 0) is 11.3 Å². The molecular formula is C21H26ClN3O2. The molecule has 2 aromatic rings. The summed E-state index contributed by atoms with van der Waals surface area (Å²) in [5, 5.41) is 3.61. The number of para-hydroxylation sites is 1. The monoisotopic (exact) mass is 387 g/mol. The van der Waals surface area contributed by atoms with Crippen molar-refractivity contribution in [2.75, 3.05) is 6.61 Å². The van der Waals surface area contributed by atoms with E-state index in [1.807, 2.05) is 48.5 Å². The highest BCUT2D eigenvalue weighted by molar-refractivity contribution is 6.31. The highest BCUT2D eigenvalue weighted by atomic mass is 35.5. The normalized spacial score (nSPS) is 19.0. The zero-order chi connectivity index (χ0) is 19.1. The number of unbranched alkanes of at least 4 members (excludes halogenated alkanes) is 1. The topological polar surface area (TPSA) is 62.4 Å². The van der Waals surface area contributed by atoms with Crippen LogP contribution in [0.3, 0.4) is 0 Å². The molecule has 0 aromatic heterocycles. The van der Waals surface area contributed by atoms with Gasteiger partial charge in [-0.25, -0.2) is 10.9 Å². The van der Waals surface area contributed by atoms with Gasteiger partial charge < -0.3 is 10.1 Å². The fourth-order valence-corrected chi connectivity index (χ4v) is 3.31. The number of hydrogen-bond acceptors (Lipinski definition) is 4. The molecule has 1 amide bonds. The maximum absolute atomic E-state index is 12.5. The first-order valence-electron chi connectivity index (χ1n) is 9.43. The van der Waals surface area contributed by atoms with Gasteiger partial charge in [-0.1, -0.05) is 61.3 Å². The third-order valence-corrected chi connectivity index (χ3v) is 5.05. The lowest BCUT2D eigenvalue weighted by atomic mass is 10.0. The number of ether oxygens (including phenoxy) is 1. The summed E-state index contributed by atoms with van der Waals surface area (Å²) in [6, 6.07) is 15.2. The largest absolute Gasteiger partial charge is 0.493 e. The molecular weight excluding hydrogens is 362 g/mol. The molecule has 1 saturated heterocycles. The molecule has 2 unspecified atom stereocenters. The van der Waals surface area contributed by atoms with Crippen LogP contribution in [0, 0.1) is 0 Å². The van der Waals surface area contributed by atoms with Crippen LogP contribution in [-0.4, -0.2) is 18.6 Å². The highest BCUT2D eigenvalue weighted by Crippen LogP contribution is 2.30. The Bertz CT molecular complexity index is 769. The third kappa shape index (κ3) is 5.22. The Labute approximate surface area is 165 Å². The molecule has 27 heavy (non-hydrogen) atoms. The van der Waals surface area contributed by atoms with Crippen LogP contribution < -0.4 is 20.9 Å². The molecule has 5 nitrogen and oxygen atoms in total. The summed E-state index contributed by atoms with van der Waals surface area (Å²) in [6.07, 6.45) is 2.78. The molecule has 0 saturated carbocycles. The van der Waals surface area contributed by atoms with Crippen LogP contribution in [0.5, 0.6) is 5.75 Å². The number of amides is 1. The Morgan fingerprint density at radius 3 is 2.78 bits per heavy atom. The number of hydrogen-bond donors (Lipinski definition) is 3. The minimum atomic E-state index is -0.304. The molecule has 144 valence electrons. The van der Waals surface area contributed by atoms with Crippen LogP contribution in [0.2, 0.25) is 5.02 Å². The van der Waals surface area contributed by atoms with Gasteiger partial charge in [-0.05, 0) is 30.5 Å². The van der Waals surface area contributed by atoms with Crippen LogP contribution in [0.25, 0.3) is 0 Å². The lowest BCUT2D eigenvalue weighted by Gasteiger charge is -2.16. The zero-order valence-electron chi connectivity index (χ0n) is 15.5. The molecule has 2 aromatic carbocycles. The number of carbonyl (C=O) groups is 1. The molecule has 1 aliphatic heterocycles. The van der Waals surface area contributed by atoms with Gasteiger partial charge in [0.2, 0.25) is 5.91 Å². The summed E-state index contributed by atoms with van der Waals surface area (Å²) in [5.41, 5.74) is 8.31. The molecule has 1 fully saturated rings. The Hall–Kier alpha value is -2.08. The molecule has 3 N–H and O–H groups in total. The van der Waals surface area contributed by atoms with E-state index in [-0.39, 0.29) is 18.0 Å². The number of nitrogens with one attached hydrogen (secondary N) is 3. The summed E-state index contributed by atoms with van der Waals surface area (Å²) in [7, 11) is 0. The first kappa shape index (κ1) is 19.7. The van der Waals surface area contributed by atoms with Gasteiger partial charge in [-0.15, -0.1) is 0 Å². The standard InChI is InChI=1S/C21H26ClN3O2/c1-2-3-12-27-20-11-7-5-9-16(20)18-13-19(25-24-18)21(26)23-14-15-8-4-6-10-17(15)22/h4-11,18-19,24-25H,2-3,12-14H2,1H3,(H,23,26).